The Hall–Kier alpha value is -2.08. The molecule has 6 nitrogen and oxygen atoms in total. The number of carbonyl (C=O) groups excluding carboxylic acids is 2. The minimum absolute atomic E-state index is 0.00487. The smallest absolute Gasteiger partial charge is 0.262 e. The molecule has 0 radical (unpaired) electrons. The van der Waals surface area contributed by atoms with E-state index in [-0.39, 0.29) is 24.5 Å². The molecule has 1 heterocycles. The molecule has 1 atom stereocenters. The number of nitrogens with one attached hydrogen (secondary N) is 2. The summed E-state index contributed by atoms with van der Waals surface area (Å²) in [5.41, 5.74) is 6.86. The fourth-order valence-corrected chi connectivity index (χ4v) is 1.73. The third-order valence-corrected chi connectivity index (χ3v) is 2.72. The molecule has 1 unspecified atom stereocenters. The van der Waals surface area contributed by atoms with Crippen LogP contribution in [0.3, 0.4) is 0 Å². The number of benzene rings is 1. The average molecular weight is 263 g/mol. The molecule has 6 heteroatoms. The Balaban J connectivity index is 1.98. The number of ether oxygens (including phenoxy) is 1. The van der Waals surface area contributed by atoms with Crippen molar-refractivity contribution in [3.8, 4) is 5.75 Å². The van der Waals surface area contributed by atoms with Crippen molar-refractivity contribution >= 4 is 23.2 Å². The van der Waals surface area contributed by atoms with Crippen molar-refractivity contribution < 1.29 is 14.3 Å². The molecule has 102 valence electrons. The summed E-state index contributed by atoms with van der Waals surface area (Å²) in [6.07, 6.45) is 1.02. The number of nitrogens with two attached hydrogens (primary N) is 1. The molecule has 0 saturated heterocycles. The number of fused-ring (bicyclic) bond motifs is 1. The van der Waals surface area contributed by atoms with E-state index in [1.54, 1.807) is 18.2 Å². The van der Waals surface area contributed by atoms with Crippen molar-refractivity contribution in [2.24, 2.45) is 5.73 Å². The predicted molar refractivity (Wildman–Crippen MR) is 72.1 cm³/mol. The fraction of sp³-hybridized carbons (Fsp3) is 0.385. The molecule has 1 aromatic carbocycles. The van der Waals surface area contributed by atoms with Crippen LogP contribution in [-0.2, 0) is 9.59 Å². The lowest BCUT2D eigenvalue weighted by Gasteiger charge is -2.18. The highest BCUT2D eigenvalue weighted by molar-refractivity contribution is 5.97. The second kappa shape index (κ2) is 5.71. The van der Waals surface area contributed by atoms with Crippen molar-refractivity contribution in [3.05, 3.63) is 18.2 Å². The Morgan fingerprint density at radius 2 is 2.37 bits per heavy atom. The first-order chi connectivity index (χ1) is 9.04. The highest BCUT2D eigenvalue weighted by Gasteiger charge is 2.16. The standard InChI is InChI=1S/C13H17N3O3/c1-8(14)2-5-12(17)15-9-3-4-10-11(6-9)19-7-13(18)16-10/h3-4,6,8H,2,5,7,14H2,1H3,(H,15,17)(H,16,18). The summed E-state index contributed by atoms with van der Waals surface area (Å²) >= 11 is 0. The monoisotopic (exact) mass is 263 g/mol. The maximum absolute atomic E-state index is 11.7. The lowest BCUT2D eigenvalue weighted by atomic mass is 10.2. The number of rotatable bonds is 4. The molecule has 1 aromatic rings. The predicted octanol–water partition coefficient (Wildman–Crippen LogP) is 1.08. The summed E-state index contributed by atoms with van der Waals surface area (Å²) in [4.78, 5) is 22.8. The Bertz CT molecular complexity index is 500. The van der Waals surface area contributed by atoms with Crippen LogP contribution in [0.4, 0.5) is 11.4 Å². The summed E-state index contributed by atoms with van der Waals surface area (Å²) in [5, 5.41) is 5.46. The number of amides is 2. The van der Waals surface area contributed by atoms with Gasteiger partial charge in [-0.1, -0.05) is 0 Å². The molecule has 2 rings (SSSR count). The van der Waals surface area contributed by atoms with E-state index in [9.17, 15) is 9.59 Å². The van der Waals surface area contributed by atoms with Gasteiger partial charge in [-0.25, -0.2) is 0 Å². The fourth-order valence-electron chi connectivity index (χ4n) is 1.73. The molecule has 2 amide bonds. The quantitative estimate of drug-likeness (QED) is 0.757. The van der Waals surface area contributed by atoms with Crippen LogP contribution in [0.1, 0.15) is 19.8 Å². The minimum Gasteiger partial charge on any atom is -0.482 e. The maximum Gasteiger partial charge on any atom is 0.262 e. The zero-order valence-corrected chi connectivity index (χ0v) is 10.7. The molecule has 1 aliphatic rings. The first-order valence-corrected chi connectivity index (χ1v) is 6.17. The lowest BCUT2D eigenvalue weighted by molar-refractivity contribution is -0.118. The van der Waals surface area contributed by atoms with Crippen LogP contribution in [0.2, 0.25) is 0 Å². The van der Waals surface area contributed by atoms with E-state index in [2.05, 4.69) is 10.6 Å². The van der Waals surface area contributed by atoms with Gasteiger partial charge in [-0.05, 0) is 25.5 Å². The zero-order valence-electron chi connectivity index (χ0n) is 10.7. The maximum atomic E-state index is 11.7. The molecule has 0 aliphatic carbocycles. The highest BCUT2D eigenvalue weighted by atomic mass is 16.5. The SMILES string of the molecule is CC(N)CCC(=O)Nc1ccc2c(c1)OCC(=O)N2. The van der Waals surface area contributed by atoms with Gasteiger partial charge in [0.15, 0.2) is 6.61 Å². The van der Waals surface area contributed by atoms with Crippen LogP contribution in [0.5, 0.6) is 5.75 Å². The van der Waals surface area contributed by atoms with Crippen LogP contribution in [0.25, 0.3) is 0 Å². The molecule has 1 aliphatic heterocycles. The third kappa shape index (κ3) is 3.69. The van der Waals surface area contributed by atoms with Crippen molar-refractivity contribution in [2.75, 3.05) is 17.2 Å². The van der Waals surface area contributed by atoms with E-state index in [0.29, 0.717) is 30.0 Å². The Kier molecular flexibility index (Phi) is 4.01. The molecular weight excluding hydrogens is 246 g/mol. The molecule has 0 bridgehead atoms. The molecule has 19 heavy (non-hydrogen) atoms. The van der Waals surface area contributed by atoms with E-state index in [1.807, 2.05) is 6.92 Å². The van der Waals surface area contributed by atoms with Crippen LogP contribution in [-0.4, -0.2) is 24.5 Å². The Morgan fingerprint density at radius 1 is 1.58 bits per heavy atom. The van der Waals surface area contributed by atoms with Crippen LogP contribution >= 0.6 is 0 Å². The van der Waals surface area contributed by atoms with Gasteiger partial charge < -0.3 is 21.1 Å². The Morgan fingerprint density at radius 3 is 3.11 bits per heavy atom. The number of hydrogen-bond acceptors (Lipinski definition) is 4. The van der Waals surface area contributed by atoms with E-state index in [1.165, 1.54) is 0 Å². The van der Waals surface area contributed by atoms with Gasteiger partial charge in [0.1, 0.15) is 5.75 Å². The van der Waals surface area contributed by atoms with E-state index >= 15 is 0 Å². The van der Waals surface area contributed by atoms with Crippen LogP contribution in [0, 0.1) is 0 Å². The summed E-state index contributed by atoms with van der Waals surface area (Å²) in [7, 11) is 0. The number of hydrogen-bond donors (Lipinski definition) is 3. The minimum atomic E-state index is -0.179. The van der Waals surface area contributed by atoms with E-state index < -0.39 is 0 Å². The van der Waals surface area contributed by atoms with Gasteiger partial charge in [0.25, 0.3) is 5.91 Å². The first-order valence-electron chi connectivity index (χ1n) is 6.17. The van der Waals surface area contributed by atoms with Gasteiger partial charge in [0.05, 0.1) is 5.69 Å². The second-order valence-electron chi connectivity index (χ2n) is 4.61. The van der Waals surface area contributed by atoms with Crippen molar-refractivity contribution in [1.29, 1.82) is 0 Å². The summed E-state index contributed by atoms with van der Waals surface area (Å²) in [5.74, 6) is 0.294. The zero-order chi connectivity index (χ0) is 13.8. The normalized spacial score (nSPS) is 14.9. The second-order valence-corrected chi connectivity index (χ2v) is 4.61. The Labute approximate surface area is 111 Å². The van der Waals surface area contributed by atoms with Gasteiger partial charge in [-0.3, -0.25) is 9.59 Å². The van der Waals surface area contributed by atoms with Gasteiger partial charge in [-0.2, -0.15) is 0 Å². The van der Waals surface area contributed by atoms with E-state index in [4.69, 9.17) is 10.5 Å². The summed E-state index contributed by atoms with van der Waals surface area (Å²) in [6, 6.07) is 5.12. The van der Waals surface area contributed by atoms with Crippen molar-refractivity contribution in [2.45, 2.75) is 25.8 Å². The highest BCUT2D eigenvalue weighted by Crippen LogP contribution is 2.30. The molecule has 0 fully saturated rings. The molecule has 0 saturated carbocycles. The van der Waals surface area contributed by atoms with E-state index in [0.717, 1.165) is 0 Å². The van der Waals surface area contributed by atoms with Crippen molar-refractivity contribution in [1.82, 2.24) is 0 Å². The van der Waals surface area contributed by atoms with Gasteiger partial charge in [-0.15, -0.1) is 0 Å². The van der Waals surface area contributed by atoms with Crippen molar-refractivity contribution in [3.63, 3.8) is 0 Å². The van der Waals surface area contributed by atoms with Crippen LogP contribution in [0.15, 0.2) is 18.2 Å². The molecule has 0 aromatic heterocycles. The van der Waals surface area contributed by atoms with Gasteiger partial charge in [0.2, 0.25) is 5.91 Å². The largest absolute Gasteiger partial charge is 0.482 e. The summed E-state index contributed by atoms with van der Waals surface area (Å²) < 4.78 is 5.27. The summed E-state index contributed by atoms with van der Waals surface area (Å²) in [6.45, 7) is 1.86. The molecule has 0 spiro atoms. The molecule has 4 N–H and O–H groups in total. The number of carbonyl (C=O) groups is 2. The topological polar surface area (TPSA) is 93.5 Å². The third-order valence-electron chi connectivity index (χ3n) is 2.72. The first kappa shape index (κ1) is 13.4. The van der Waals surface area contributed by atoms with Gasteiger partial charge in [0, 0.05) is 24.2 Å². The average Bonchev–Trinajstić information content (AvgIpc) is 2.36. The number of anilines is 2. The van der Waals surface area contributed by atoms with Crippen LogP contribution < -0.4 is 21.1 Å². The molecular formula is C13H17N3O3. The lowest BCUT2D eigenvalue weighted by Crippen LogP contribution is -2.25. The van der Waals surface area contributed by atoms with Gasteiger partial charge >= 0.3 is 0 Å².